The van der Waals surface area contributed by atoms with Gasteiger partial charge in [0.05, 0.1) is 19.0 Å². The van der Waals surface area contributed by atoms with Crippen molar-refractivity contribution in [3.8, 4) is 0 Å². The van der Waals surface area contributed by atoms with E-state index in [-0.39, 0.29) is 11.8 Å². The second-order valence-electron chi connectivity index (χ2n) is 4.03. The van der Waals surface area contributed by atoms with Crippen molar-refractivity contribution in [1.82, 2.24) is 10.2 Å². The van der Waals surface area contributed by atoms with E-state index in [9.17, 15) is 13.6 Å². The molecule has 0 aliphatic carbocycles. The van der Waals surface area contributed by atoms with E-state index in [2.05, 4.69) is 5.32 Å². The summed E-state index contributed by atoms with van der Waals surface area (Å²) in [5.74, 6) is -3.46. The highest BCUT2D eigenvalue weighted by atomic mass is 19.3. The number of carbonyl (C=O) groups is 1. The number of carbonyl (C=O) groups excluding carboxylic acids is 1. The molecule has 1 aliphatic rings. The first-order valence-electron chi connectivity index (χ1n) is 4.99. The second-order valence-corrected chi connectivity index (χ2v) is 4.03. The van der Waals surface area contributed by atoms with E-state index in [0.29, 0.717) is 6.54 Å². The van der Waals surface area contributed by atoms with Gasteiger partial charge in [0.2, 0.25) is 5.91 Å². The quantitative estimate of drug-likeness (QED) is 0.682. The van der Waals surface area contributed by atoms with Crippen molar-refractivity contribution in [3.63, 3.8) is 0 Å². The molecule has 0 spiro atoms. The lowest BCUT2D eigenvalue weighted by molar-refractivity contribution is -0.126. The summed E-state index contributed by atoms with van der Waals surface area (Å²) in [6.45, 7) is 0.0752. The number of nitrogens with one attached hydrogen (secondary N) is 1. The second kappa shape index (κ2) is 4.85. The molecule has 1 unspecified atom stereocenters. The molecule has 0 aromatic heterocycles. The van der Waals surface area contributed by atoms with Gasteiger partial charge in [0.1, 0.15) is 0 Å². The molecular formula is C9H17F2N3O. The van der Waals surface area contributed by atoms with Crippen LogP contribution in [-0.2, 0) is 4.79 Å². The Bertz CT molecular complexity index is 235. The number of nitrogens with two attached hydrogens (primary N) is 1. The standard InChI is InChI=1S/C9H17F2N3O/c1-14-3-2-7(4-14)8(15)13-6-9(10,11)5-12/h7H,2-6,12H2,1H3,(H,13,15). The minimum atomic E-state index is -3.00. The van der Waals surface area contributed by atoms with Crippen LogP contribution in [0.25, 0.3) is 0 Å². The normalized spacial score (nSPS) is 23.1. The van der Waals surface area contributed by atoms with Gasteiger partial charge in [0, 0.05) is 6.54 Å². The molecule has 1 amide bonds. The topological polar surface area (TPSA) is 58.4 Å². The van der Waals surface area contributed by atoms with Crippen LogP contribution in [0.3, 0.4) is 0 Å². The van der Waals surface area contributed by atoms with Gasteiger partial charge in [0.25, 0.3) is 5.92 Å². The van der Waals surface area contributed by atoms with Crippen LogP contribution >= 0.6 is 0 Å². The number of alkyl halides is 2. The lowest BCUT2D eigenvalue weighted by Gasteiger charge is -2.16. The Hall–Kier alpha value is -0.750. The highest BCUT2D eigenvalue weighted by molar-refractivity contribution is 5.79. The summed E-state index contributed by atoms with van der Waals surface area (Å²) in [5.41, 5.74) is 4.86. The Kier molecular flexibility index (Phi) is 3.98. The van der Waals surface area contributed by atoms with Crippen LogP contribution in [0.1, 0.15) is 6.42 Å². The summed E-state index contributed by atoms with van der Waals surface area (Å²) in [4.78, 5) is 13.4. The number of likely N-dealkylation sites (tertiary alicyclic amines) is 1. The van der Waals surface area contributed by atoms with Gasteiger partial charge in [-0.15, -0.1) is 0 Å². The van der Waals surface area contributed by atoms with Gasteiger partial charge >= 0.3 is 0 Å². The molecule has 1 fully saturated rings. The van der Waals surface area contributed by atoms with Crippen molar-refractivity contribution in [3.05, 3.63) is 0 Å². The minimum Gasteiger partial charge on any atom is -0.350 e. The number of hydrogen-bond donors (Lipinski definition) is 2. The Morgan fingerprint density at radius 2 is 2.33 bits per heavy atom. The molecular weight excluding hydrogens is 204 g/mol. The predicted octanol–water partition coefficient (Wildman–Crippen LogP) is -0.352. The van der Waals surface area contributed by atoms with E-state index in [1.807, 2.05) is 11.9 Å². The summed E-state index contributed by atoms with van der Waals surface area (Å²) in [5, 5.41) is 2.24. The van der Waals surface area contributed by atoms with Crippen molar-refractivity contribution in [2.45, 2.75) is 12.3 Å². The van der Waals surface area contributed by atoms with Gasteiger partial charge in [0.15, 0.2) is 0 Å². The van der Waals surface area contributed by atoms with Crippen LogP contribution in [0.15, 0.2) is 0 Å². The lowest BCUT2D eigenvalue weighted by Crippen LogP contribution is -2.43. The van der Waals surface area contributed by atoms with E-state index < -0.39 is 19.0 Å². The van der Waals surface area contributed by atoms with E-state index >= 15 is 0 Å². The summed E-state index contributed by atoms with van der Waals surface area (Å²) in [6.07, 6.45) is 0.733. The van der Waals surface area contributed by atoms with Gasteiger partial charge < -0.3 is 16.0 Å². The number of nitrogens with zero attached hydrogens (tertiary/aromatic N) is 1. The Morgan fingerprint density at radius 1 is 1.67 bits per heavy atom. The third-order valence-corrected chi connectivity index (χ3v) is 2.58. The molecule has 1 aliphatic heterocycles. The molecule has 1 saturated heterocycles. The summed E-state index contributed by atoms with van der Waals surface area (Å²) >= 11 is 0. The molecule has 0 bridgehead atoms. The van der Waals surface area contributed by atoms with E-state index in [4.69, 9.17) is 5.73 Å². The zero-order chi connectivity index (χ0) is 11.5. The van der Waals surface area contributed by atoms with Crippen molar-refractivity contribution in [1.29, 1.82) is 0 Å². The molecule has 0 aromatic carbocycles. The van der Waals surface area contributed by atoms with Crippen LogP contribution in [0.5, 0.6) is 0 Å². The zero-order valence-corrected chi connectivity index (χ0v) is 8.80. The Morgan fingerprint density at radius 3 is 2.80 bits per heavy atom. The first-order chi connectivity index (χ1) is 6.94. The zero-order valence-electron chi connectivity index (χ0n) is 8.80. The van der Waals surface area contributed by atoms with Crippen molar-refractivity contribution >= 4 is 5.91 Å². The molecule has 0 saturated carbocycles. The molecule has 0 radical (unpaired) electrons. The molecule has 4 nitrogen and oxygen atoms in total. The van der Waals surface area contributed by atoms with Gasteiger partial charge in [-0.1, -0.05) is 0 Å². The molecule has 6 heteroatoms. The molecule has 15 heavy (non-hydrogen) atoms. The Labute approximate surface area is 87.8 Å². The predicted molar refractivity (Wildman–Crippen MR) is 52.6 cm³/mol. The number of halogens is 2. The molecule has 3 N–H and O–H groups in total. The summed E-state index contributed by atoms with van der Waals surface area (Å²) in [7, 11) is 1.90. The fraction of sp³-hybridized carbons (Fsp3) is 0.889. The van der Waals surface area contributed by atoms with Crippen LogP contribution in [0.2, 0.25) is 0 Å². The van der Waals surface area contributed by atoms with E-state index in [1.165, 1.54) is 0 Å². The van der Waals surface area contributed by atoms with E-state index in [0.717, 1.165) is 13.0 Å². The number of hydrogen-bond acceptors (Lipinski definition) is 3. The van der Waals surface area contributed by atoms with E-state index in [1.54, 1.807) is 0 Å². The van der Waals surface area contributed by atoms with Crippen molar-refractivity contribution < 1.29 is 13.6 Å². The third kappa shape index (κ3) is 3.71. The Balaban J connectivity index is 2.30. The monoisotopic (exact) mass is 221 g/mol. The minimum absolute atomic E-state index is 0.163. The fourth-order valence-electron chi connectivity index (χ4n) is 1.58. The highest BCUT2D eigenvalue weighted by Gasteiger charge is 2.31. The third-order valence-electron chi connectivity index (χ3n) is 2.58. The average molecular weight is 221 g/mol. The maximum Gasteiger partial charge on any atom is 0.277 e. The SMILES string of the molecule is CN1CCC(C(=O)NCC(F)(F)CN)C1. The van der Waals surface area contributed by atoms with Crippen LogP contribution in [0.4, 0.5) is 8.78 Å². The maximum atomic E-state index is 12.7. The van der Waals surface area contributed by atoms with Crippen LogP contribution in [0, 0.1) is 5.92 Å². The summed E-state index contributed by atoms with van der Waals surface area (Å²) in [6, 6.07) is 0. The molecule has 88 valence electrons. The molecule has 1 atom stereocenters. The highest BCUT2D eigenvalue weighted by Crippen LogP contribution is 2.15. The molecule has 1 rings (SSSR count). The van der Waals surface area contributed by atoms with Gasteiger partial charge in [-0.05, 0) is 20.0 Å². The van der Waals surface area contributed by atoms with Crippen LogP contribution in [-0.4, -0.2) is 50.0 Å². The summed E-state index contributed by atoms with van der Waals surface area (Å²) < 4.78 is 25.5. The van der Waals surface area contributed by atoms with Gasteiger partial charge in [-0.3, -0.25) is 4.79 Å². The molecule has 1 heterocycles. The maximum absolute atomic E-state index is 12.7. The average Bonchev–Trinajstić information content (AvgIpc) is 2.61. The smallest absolute Gasteiger partial charge is 0.277 e. The number of amides is 1. The first kappa shape index (κ1) is 12.3. The van der Waals surface area contributed by atoms with Gasteiger partial charge in [-0.2, -0.15) is 0 Å². The van der Waals surface area contributed by atoms with Crippen molar-refractivity contribution in [2.24, 2.45) is 11.7 Å². The number of rotatable bonds is 4. The fourth-order valence-corrected chi connectivity index (χ4v) is 1.58. The van der Waals surface area contributed by atoms with Crippen LogP contribution < -0.4 is 11.1 Å². The first-order valence-corrected chi connectivity index (χ1v) is 4.99. The lowest BCUT2D eigenvalue weighted by atomic mass is 10.1. The molecule has 0 aromatic rings. The van der Waals surface area contributed by atoms with Crippen molar-refractivity contribution in [2.75, 3.05) is 33.2 Å². The van der Waals surface area contributed by atoms with Gasteiger partial charge in [-0.25, -0.2) is 8.78 Å². The largest absolute Gasteiger partial charge is 0.350 e.